The fraction of sp³-hybridized carbons (Fsp3) is 0.182. The monoisotopic (exact) mass is 407 g/mol. The Balaban J connectivity index is 1.86. The highest BCUT2D eigenvalue weighted by Crippen LogP contribution is 2.15. The van der Waals surface area contributed by atoms with Gasteiger partial charge in [0.1, 0.15) is 5.52 Å². The van der Waals surface area contributed by atoms with Crippen molar-refractivity contribution in [1.82, 2.24) is 4.57 Å². The number of para-hydroxylation sites is 2. The van der Waals surface area contributed by atoms with Gasteiger partial charge in [-0.1, -0.05) is 36.4 Å². The molecule has 0 bridgehead atoms. The maximum Gasteiger partial charge on any atom is 0.325 e. The largest absolute Gasteiger partial charge is 0.748 e. The van der Waals surface area contributed by atoms with Crippen LogP contribution in [-0.2, 0) is 23.7 Å². The number of hydrogen-bond donors (Lipinski definition) is 0. The molecule has 0 saturated carbocycles. The summed E-state index contributed by atoms with van der Waals surface area (Å²) in [5.74, 6) is 0.385. The molecule has 0 unspecified atom stereocenters. The Morgan fingerprint density at radius 1 is 0.931 bits per heavy atom. The average molecular weight is 407 g/mol. The summed E-state index contributed by atoms with van der Waals surface area (Å²) >= 11 is 0. The molecule has 0 aliphatic rings. The second-order valence-corrected chi connectivity index (χ2v) is 8.46. The van der Waals surface area contributed by atoms with E-state index in [0.29, 0.717) is 12.0 Å². The van der Waals surface area contributed by atoms with E-state index in [9.17, 15) is 13.0 Å². The van der Waals surface area contributed by atoms with E-state index >= 15 is 0 Å². The Morgan fingerprint density at radius 2 is 1.62 bits per heavy atom. The van der Waals surface area contributed by atoms with Gasteiger partial charge in [-0.3, -0.25) is 0 Å². The molecule has 0 aliphatic heterocycles. The molecular weight excluding hydrogens is 386 g/mol. The molecule has 0 fully saturated rings. The van der Waals surface area contributed by atoms with E-state index in [1.807, 2.05) is 82.9 Å². The lowest BCUT2D eigenvalue weighted by Gasteiger charge is -2.11. The first-order valence-electron chi connectivity index (χ1n) is 9.37. The molecule has 6 nitrogen and oxygen atoms in total. The van der Waals surface area contributed by atoms with Crippen molar-refractivity contribution >= 4 is 37.7 Å². The first kappa shape index (κ1) is 19.3. The van der Waals surface area contributed by atoms with Crippen molar-refractivity contribution in [3.63, 3.8) is 0 Å². The van der Waals surface area contributed by atoms with E-state index in [1.54, 1.807) is 0 Å². The molecule has 2 aromatic carbocycles. The summed E-state index contributed by atoms with van der Waals surface area (Å²) in [5, 5.41) is 2.15. The van der Waals surface area contributed by atoms with Gasteiger partial charge in [0.15, 0.2) is 0 Å². The third-order valence-electron chi connectivity index (χ3n) is 4.97. The van der Waals surface area contributed by atoms with Gasteiger partial charge in [0.25, 0.3) is 0 Å². The Bertz CT molecular complexity index is 1380. The Morgan fingerprint density at radius 3 is 2.41 bits per heavy atom. The highest BCUT2D eigenvalue weighted by atomic mass is 32.2. The van der Waals surface area contributed by atoms with E-state index in [0.717, 1.165) is 27.6 Å². The van der Waals surface area contributed by atoms with Crippen molar-refractivity contribution in [1.29, 1.82) is 0 Å². The number of aromatic nitrogens is 2. The normalized spacial score (nSPS) is 12.7. The summed E-state index contributed by atoms with van der Waals surface area (Å²) in [6, 6.07) is 23.9. The number of benzene rings is 2. The summed E-state index contributed by atoms with van der Waals surface area (Å²) in [6.07, 6.45) is 0.233. The topological polar surface area (TPSA) is 78.4 Å². The number of hydrogen-bond acceptors (Lipinski definition) is 4. The molecule has 0 N–H and O–H groups in total. The zero-order chi connectivity index (χ0) is 20.4. The summed E-state index contributed by atoms with van der Waals surface area (Å²) < 4.78 is 37.1. The molecule has 0 amide bonds. The highest BCUT2D eigenvalue weighted by Gasteiger charge is 2.12. The van der Waals surface area contributed by atoms with Crippen LogP contribution in [0.2, 0.25) is 0 Å². The minimum Gasteiger partial charge on any atom is -0.748 e. The Hall–Kier alpha value is -3.03. The van der Waals surface area contributed by atoms with Crippen LogP contribution >= 0.6 is 0 Å². The van der Waals surface area contributed by atoms with Crippen molar-refractivity contribution in [3.8, 4) is 0 Å². The number of aryl methyl sites for hydroxylation is 2. The quantitative estimate of drug-likeness (QED) is 0.377. The highest BCUT2D eigenvalue weighted by molar-refractivity contribution is 7.85. The zero-order valence-corrected chi connectivity index (χ0v) is 16.8. The zero-order valence-electron chi connectivity index (χ0n) is 16.0. The summed E-state index contributed by atoms with van der Waals surface area (Å²) in [6.45, 7) is 0.388. The standard InChI is InChI=1S/C22H21N3O3S/c1-24-19-9-4-2-7-17(19)11-13-21(24)23-22-14-12-18-8-3-5-10-20(18)25(22)15-6-16-29(26,27)28/h2-5,7-14H,6,15-16H2,1H3. The van der Waals surface area contributed by atoms with Gasteiger partial charge in [-0.15, -0.1) is 0 Å². The lowest BCUT2D eigenvalue weighted by atomic mass is 10.2. The summed E-state index contributed by atoms with van der Waals surface area (Å²) in [7, 11) is -2.28. The molecule has 0 saturated heterocycles. The SMILES string of the molecule is C[n+]1c(N=c2ccc3ccccc3n2CCCS(=O)(=O)[O-])ccc2ccccc21. The second kappa shape index (κ2) is 7.77. The molecule has 148 valence electrons. The maximum absolute atomic E-state index is 11.0. The van der Waals surface area contributed by atoms with Crippen molar-refractivity contribution in [2.45, 2.75) is 13.0 Å². The summed E-state index contributed by atoms with van der Waals surface area (Å²) in [4.78, 5) is 4.85. The molecule has 4 aromatic rings. The van der Waals surface area contributed by atoms with Gasteiger partial charge in [-0.25, -0.2) is 13.0 Å². The fourth-order valence-corrected chi connectivity index (χ4v) is 4.03. The number of nitrogens with zero attached hydrogens (tertiary/aromatic N) is 3. The molecule has 0 atom stereocenters. The number of fused-ring (bicyclic) bond motifs is 2. The van der Waals surface area contributed by atoms with Crippen molar-refractivity contribution in [3.05, 3.63) is 78.3 Å². The van der Waals surface area contributed by atoms with Crippen molar-refractivity contribution in [2.24, 2.45) is 12.0 Å². The minimum absolute atomic E-state index is 0.233. The van der Waals surface area contributed by atoms with Crippen LogP contribution in [0.3, 0.4) is 0 Å². The molecule has 7 heteroatoms. The molecule has 0 radical (unpaired) electrons. The van der Waals surface area contributed by atoms with Crippen LogP contribution in [0.4, 0.5) is 5.82 Å². The lowest BCUT2D eigenvalue weighted by molar-refractivity contribution is -0.631. The molecule has 0 spiro atoms. The Labute approximate surface area is 169 Å². The van der Waals surface area contributed by atoms with E-state index in [-0.39, 0.29) is 6.42 Å². The van der Waals surface area contributed by atoms with Crippen LogP contribution in [0.5, 0.6) is 0 Å². The Kier molecular flexibility index (Phi) is 5.17. The predicted molar refractivity (Wildman–Crippen MR) is 111 cm³/mol. The van der Waals surface area contributed by atoms with E-state index < -0.39 is 15.9 Å². The van der Waals surface area contributed by atoms with Gasteiger partial charge in [0.05, 0.1) is 22.7 Å². The van der Waals surface area contributed by atoms with Crippen LogP contribution < -0.4 is 10.1 Å². The van der Waals surface area contributed by atoms with Crippen molar-refractivity contribution < 1.29 is 17.5 Å². The number of pyridine rings is 2. The van der Waals surface area contributed by atoms with Gasteiger partial charge >= 0.3 is 5.82 Å². The second-order valence-electron chi connectivity index (χ2n) is 6.94. The van der Waals surface area contributed by atoms with Crippen molar-refractivity contribution in [2.75, 3.05) is 5.75 Å². The lowest BCUT2D eigenvalue weighted by Crippen LogP contribution is -2.31. The third-order valence-corrected chi connectivity index (χ3v) is 5.76. The van der Waals surface area contributed by atoms with Crippen LogP contribution in [0.15, 0.2) is 77.8 Å². The molecule has 2 aromatic heterocycles. The third kappa shape index (κ3) is 4.21. The summed E-state index contributed by atoms with van der Waals surface area (Å²) in [5.41, 5.74) is 2.72. The average Bonchev–Trinajstić information content (AvgIpc) is 2.70. The van der Waals surface area contributed by atoms with E-state index in [2.05, 4.69) is 6.07 Å². The number of rotatable bonds is 5. The molecule has 2 heterocycles. The molecule has 4 rings (SSSR count). The van der Waals surface area contributed by atoms with Gasteiger partial charge in [0, 0.05) is 29.8 Å². The molecular formula is C22H21N3O3S. The van der Waals surface area contributed by atoms with Gasteiger partial charge in [-0.05, 0) is 41.1 Å². The molecule has 29 heavy (non-hydrogen) atoms. The van der Waals surface area contributed by atoms with Crippen LogP contribution in [0.1, 0.15) is 6.42 Å². The first-order chi connectivity index (χ1) is 13.9. The van der Waals surface area contributed by atoms with E-state index in [1.165, 1.54) is 0 Å². The predicted octanol–water partition coefficient (Wildman–Crippen LogP) is 2.79. The van der Waals surface area contributed by atoms with Gasteiger partial charge in [-0.2, -0.15) is 0 Å². The van der Waals surface area contributed by atoms with E-state index in [4.69, 9.17) is 4.99 Å². The fourth-order valence-electron chi connectivity index (χ4n) is 3.55. The minimum atomic E-state index is -4.25. The maximum atomic E-state index is 11.0. The van der Waals surface area contributed by atoms with Gasteiger partial charge in [0.2, 0.25) is 5.49 Å². The van der Waals surface area contributed by atoms with Crippen LogP contribution in [-0.4, -0.2) is 23.3 Å². The molecule has 0 aliphatic carbocycles. The smallest absolute Gasteiger partial charge is 0.325 e. The van der Waals surface area contributed by atoms with Crippen LogP contribution in [0.25, 0.3) is 21.8 Å². The van der Waals surface area contributed by atoms with Gasteiger partial charge < -0.3 is 9.12 Å². The van der Waals surface area contributed by atoms with Crippen LogP contribution in [0, 0.1) is 0 Å². The first-order valence-corrected chi connectivity index (χ1v) is 10.9.